The molecule has 5 heteroatoms. The Bertz CT molecular complexity index is 398. The van der Waals surface area contributed by atoms with Gasteiger partial charge in [0.1, 0.15) is 0 Å². The van der Waals surface area contributed by atoms with Crippen LogP contribution in [0.4, 0.5) is 5.95 Å². The van der Waals surface area contributed by atoms with E-state index in [4.69, 9.17) is 4.98 Å². The molecule has 0 spiro atoms. The van der Waals surface area contributed by atoms with Crippen LogP contribution in [0.3, 0.4) is 0 Å². The summed E-state index contributed by atoms with van der Waals surface area (Å²) in [6, 6.07) is 0. The number of piperazine rings is 1. The molecule has 1 fully saturated rings. The maximum atomic E-state index is 4.72. The molecule has 1 saturated heterocycles. The Morgan fingerprint density at radius 3 is 2.88 bits per heavy atom. The molecule has 0 aliphatic carbocycles. The van der Waals surface area contributed by atoms with Crippen molar-refractivity contribution in [2.24, 2.45) is 0 Å². The van der Waals surface area contributed by atoms with E-state index in [9.17, 15) is 0 Å². The molecule has 0 radical (unpaired) electrons. The van der Waals surface area contributed by atoms with E-state index in [-0.39, 0.29) is 0 Å². The minimum Gasteiger partial charge on any atom is -0.338 e. The van der Waals surface area contributed by atoms with Crippen LogP contribution in [-0.4, -0.2) is 54.6 Å². The predicted octanol–water partition coefficient (Wildman–Crippen LogP) is -0.126. The van der Waals surface area contributed by atoms with Gasteiger partial charge in [0.15, 0.2) is 0 Å². The molecule has 2 aliphatic rings. The molecule has 0 bridgehead atoms. The van der Waals surface area contributed by atoms with Crippen LogP contribution in [0, 0.1) is 0 Å². The van der Waals surface area contributed by atoms with Crippen LogP contribution in [0.2, 0.25) is 0 Å². The zero-order valence-corrected chi connectivity index (χ0v) is 10.3. The number of likely N-dealkylation sites (N-methyl/N-ethyl adjacent to an activating group) is 1. The van der Waals surface area contributed by atoms with Gasteiger partial charge in [0.2, 0.25) is 5.95 Å². The van der Waals surface area contributed by atoms with Gasteiger partial charge in [0, 0.05) is 57.4 Å². The van der Waals surface area contributed by atoms with Crippen molar-refractivity contribution in [1.82, 2.24) is 20.2 Å². The quantitative estimate of drug-likeness (QED) is 0.732. The lowest BCUT2D eigenvalue weighted by molar-refractivity contribution is 0.311. The van der Waals surface area contributed by atoms with E-state index in [1.54, 1.807) is 0 Å². The van der Waals surface area contributed by atoms with E-state index in [0.717, 1.165) is 51.6 Å². The third-order valence-electron chi connectivity index (χ3n) is 3.58. The van der Waals surface area contributed by atoms with Gasteiger partial charge in [-0.2, -0.15) is 0 Å². The molecule has 1 aromatic heterocycles. The van der Waals surface area contributed by atoms with E-state index in [2.05, 4.69) is 27.1 Å². The molecule has 0 saturated carbocycles. The van der Waals surface area contributed by atoms with Crippen molar-refractivity contribution >= 4 is 5.95 Å². The first-order valence-corrected chi connectivity index (χ1v) is 6.32. The standard InChI is InChI=1S/C12H19N5/c1-16-4-6-17(7-5-16)12-14-9-10-8-13-3-2-11(10)15-12/h9,13H,2-8H2,1H3. The molecule has 92 valence electrons. The first-order valence-electron chi connectivity index (χ1n) is 6.32. The van der Waals surface area contributed by atoms with Crippen molar-refractivity contribution < 1.29 is 0 Å². The highest BCUT2D eigenvalue weighted by Gasteiger charge is 2.18. The normalized spacial score (nSPS) is 21.4. The van der Waals surface area contributed by atoms with Gasteiger partial charge in [-0.1, -0.05) is 0 Å². The molecule has 3 rings (SSSR count). The molecule has 1 N–H and O–H groups in total. The molecular formula is C12H19N5. The second-order valence-electron chi connectivity index (χ2n) is 4.86. The summed E-state index contributed by atoms with van der Waals surface area (Å²) in [5, 5.41) is 3.35. The minimum absolute atomic E-state index is 0.915. The summed E-state index contributed by atoms with van der Waals surface area (Å²) in [5.41, 5.74) is 2.49. The van der Waals surface area contributed by atoms with Gasteiger partial charge in [-0.3, -0.25) is 0 Å². The summed E-state index contributed by atoms with van der Waals surface area (Å²) >= 11 is 0. The number of nitrogens with zero attached hydrogens (tertiary/aromatic N) is 4. The molecule has 5 nitrogen and oxygen atoms in total. The summed E-state index contributed by atoms with van der Waals surface area (Å²) in [5.74, 6) is 0.916. The van der Waals surface area contributed by atoms with Crippen molar-refractivity contribution in [3.8, 4) is 0 Å². The van der Waals surface area contributed by atoms with Gasteiger partial charge in [-0.25, -0.2) is 9.97 Å². The third-order valence-corrected chi connectivity index (χ3v) is 3.58. The monoisotopic (exact) mass is 233 g/mol. The van der Waals surface area contributed by atoms with E-state index >= 15 is 0 Å². The van der Waals surface area contributed by atoms with Crippen LogP contribution in [0.25, 0.3) is 0 Å². The van der Waals surface area contributed by atoms with Gasteiger partial charge in [-0.05, 0) is 7.05 Å². The number of rotatable bonds is 1. The van der Waals surface area contributed by atoms with E-state index < -0.39 is 0 Å². The van der Waals surface area contributed by atoms with Gasteiger partial charge < -0.3 is 15.1 Å². The van der Waals surface area contributed by atoms with Crippen LogP contribution < -0.4 is 10.2 Å². The highest BCUT2D eigenvalue weighted by Crippen LogP contribution is 2.15. The van der Waals surface area contributed by atoms with Crippen LogP contribution >= 0.6 is 0 Å². The van der Waals surface area contributed by atoms with Crippen LogP contribution in [0.15, 0.2) is 6.20 Å². The van der Waals surface area contributed by atoms with E-state index in [0.29, 0.717) is 0 Å². The molecule has 0 unspecified atom stereocenters. The fraction of sp³-hybridized carbons (Fsp3) is 0.667. The van der Waals surface area contributed by atoms with Gasteiger partial charge in [-0.15, -0.1) is 0 Å². The second kappa shape index (κ2) is 4.58. The Balaban J connectivity index is 1.79. The molecule has 17 heavy (non-hydrogen) atoms. The first-order chi connectivity index (χ1) is 8.33. The highest BCUT2D eigenvalue weighted by atomic mass is 15.3. The summed E-state index contributed by atoms with van der Waals surface area (Å²) < 4.78 is 0. The van der Waals surface area contributed by atoms with E-state index in [1.165, 1.54) is 11.3 Å². The maximum absolute atomic E-state index is 4.72. The average molecular weight is 233 g/mol. The second-order valence-corrected chi connectivity index (χ2v) is 4.86. The lowest BCUT2D eigenvalue weighted by Crippen LogP contribution is -2.45. The maximum Gasteiger partial charge on any atom is 0.225 e. The minimum atomic E-state index is 0.915. The lowest BCUT2D eigenvalue weighted by Gasteiger charge is -2.32. The SMILES string of the molecule is CN1CCN(c2ncc3c(n2)CCNC3)CC1. The lowest BCUT2D eigenvalue weighted by atomic mass is 10.1. The Kier molecular flexibility index (Phi) is 2.94. The third kappa shape index (κ3) is 2.25. The van der Waals surface area contributed by atoms with Crippen LogP contribution in [0.1, 0.15) is 11.3 Å². The van der Waals surface area contributed by atoms with E-state index in [1.807, 2.05) is 6.20 Å². The number of fused-ring (bicyclic) bond motifs is 1. The fourth-order valence-corrected chi connectivity index (χ4v) is 2.38. The predicted molar refractivity (Wildman–Crippen MR) is 67.2 cm³/mol. The molecule has 2 aliphatic heterocycles. The number of hydrogen-bond acceptors (Lipinski definition) is 5. The molecule has 0 atom stereocenters. The Morgan fingerprint density at radius 2 is 2.06 bits per heavy atom. The zero-order valence-electron chi connectivity index (χ0n) is 10.3. The topological polar surface area (TPSA) is 44.3 Å². The fourth-order valence-electron chi connectivity index (χ4n) is 2.38. The Morgan fingerprint density at radius 1 is 1.24 bits per heavy atom. The first kappa shape index (κ1) is 10.9. The smallest absolute Gasteiger partial charge is 0.225 e. The van der Waals surface area contributed by atoms with Crippen molar-refractivity contribution in [1.29, 1.82) is 0 Å². The van der Waals surface area contributed by atoms with Gasteiger partial charge in [0.05, 0.1) is 5.69 Å². The Hall–Kier alpha value is -1.20. The number of anilines is 1. The molecule has 1 aromatic rings. The van der Waals surface area contributed by atoms with Crippen molar-refractivity contribution in [3.05, 3.63) is 17.5 Å². The summed E-state index contributed by atoms with van der Waals surface area (Å²) in [7, 11) is 2.16. The summed E-state index contributed by atoms with van der Waals surface area (Å²) in [6.07, 6.45) is 3.01. The largest absolute Gasteiger partial charge is 0.338 e. The Labute approximate surface area is 102 Å². The summed E-state index contributed by atoms with van der Waals surface area (Å²) in [4.78, 5) is 13.9. The van der Waals surface area contributed by atoms with Crippen LogP contribution in [-0.2, 0) is 13.0 Å². The van der Waals surface area contributed by atoms with Gasteiger partial charge >= 0.3 is 0 Å². The zero-order chi connectivity index (χ0) is 11.7. The number of aromatic nitrogens is 2. The van der Waals surface area contributed by atoms with Crippen molar-refractivity contribution in [3.63, 3.8) is 0 Å². The van der Waals surface area contributed by atoms with Crippen molar-refractivity contribution in [2.75, 3.05) is 44.7 Å². The molecule has 0 amide bonds. The summed E-state index contributed by atoms with van der Waals surface area (Å²) in [6.45, 7) is 6.22. The van der Waals surface area contributed by atoms with Crippen molar-refractivity contribution in [2.45, 2.75) is 13.0 Å². The number of nitrogens with one attached hydrogen (secondary N) is 1. The number of hydrogen-bond donors (Lipinski definition) is 1. The van der Waals surface area contributed by atoms with Gasteiger partial charge in [0.25, 0.3) is 0 Å². The average Bonchev–Trinajstić information content (AvgIpc) is 2.39. The molecule has 3 heterocycles. The highest BCUT2D eigenvalue weighted by molar-refractivity contribution is 5.34. The molecule has 0 aromatic carbocycles. The molecular weight excluding hydrogens is 214 g/mol. The van der Waals surface area contributed by atoms with Crippen LogP contribution in [0.5, 0.6) is 0 Å².